The molecule has 9 aromatic rings. The van der Waals surface area contributed by atoms with E-state index >= 15 is 0 Å². The van der Waals surface area contributed by atoms with E-state index in [4.69, 9.17) is 9.40 Å². The number of fused-ring (bicyclic) bond motifs is 5. The monoisotopic (exact) mass is 588 g/mol. The molecule has 3 nitrogen and oxygen atoms in total. The van der Waals surface area contributed by atoms with Crippen LogP contribution in [0.1, 0.15) is 0 Å². The van der Waals surface area contributed by atoms with Gasteiger partial charge in [0.2, 0.25) is 0 Å². The minimum Gasteiger partial charge on any atom is -0.454 e. The van der Waals surface area contributed by atoms with E-state index in [1.54, 1.807) is 0 Å². The number of rotatable bonds is 5. The maximum Gasteiger partial charge on any atom is 0.154 e. The molecule has 0 aliphatic heterocycles. The Bertz CT molecular complexity index is 2510. The highest BCUT2D eigenvalue weighted by atomic mass is 16.3. The van der Waals surface area contributed by atoms with Crippen LogP contribution in [-0.4, -0.2) is 4.98 Å². The van der Waals surface area contributed by atoms with Crippen LogP contribution in [-0.2, 0) is 0 Å². The zero-order valence-corrected chi connectivity index (χ0v) is 25.0. The molecule has 0 aliphatic carbocycles. The van der Waals surface area contributed by atoms with Gasteiger partial charge >= 0.3 is 0 Å². The first kappa shape index (κ1) is 26.2. The molecule has 0 saturated heterocycles. The molecule has 2 heterocycles. The highest BCUT2D eigenvalue weighted by molar-refractivity contribution is 6.06. The quantitative estimate of drug-likeness (QED) is 0.200. The molecule has 0 aliphatic rings. The fraction of sp³-hybridized carbons (Fsp3) is 0. The number of hydrogen-bond acceptors (Lipinski definition) is 3. The number of furan rings is 1. The van der Waals surface area contributed by atoms with Crippen LogP contribution in [0.4, 0.5) is 17.1 Å². The van der Waals surface area contributed by atoms with E-state index in [2.05, 4.69) is 157 Å². The van der Waals surface area contributed by atoms with Crippen LogP contribution in [0.15, 0.2) is 174 Å². The molecule has 0 bridgehead atoms. The molecular weight excluding hydrogens is 560 g/mol. The molecule has 0 atom stereocenters. The van der Waals surface area contributed by atoms with Crippen molar-refractivity contribution >= 4 is 60.8 Å². The Balaban J connectivity index is 1.18. The van der Waals surface area contributed by atoms with Gasteiger partial charge in [0.05, 0.1) is 5.52 Å². The highest BCUT2D eigenvalue weighted by Gasteiger charge is 2.16. The van der Waals surface area contributed by atoms with E-state index in [1.165, 1.54) is 33.0 Å². The van der Waals surface area contributed by atoms with Crippen LogP contribution >= 0.6 is 0 Å². The Morgan fingerprint density at radius 1 is 0.413 bits per heavy atom. The summed E-state index contributed by atoms with van der Waals surface area (Å²) in [5.41, 5.74) is 11.5. The van der Waals surface area contributed by atoms with E-state index in [1.807, 2.05) is 18.2 Å². The molecule has 0 spiro atoms. The summed E-state index contributed by atoms with van der Waals surface area (Å²) in [6.45, 7) is 0. The lowest BCUT2D eigenvalue weighted by atomic mass is 9.98. The number of para-hydroxylation sites is 1. The van der Waals surface area contributed by atoms with Crippen molar-refractivity contribution in [2.24, 2.45) is 0 Å². The maximum atomic E-state index is 6.13. The first-order valence-electron chi connectivity index (χ1n) is 15.5. The Labute approximate surface area is 266 Å². The van der Waals surface area contributed by atoms with Gasteiger partial charge in [0, 0.05) is 27.8 Å². The normalized spacial score (nSPS) is 11.5. The summed E-state index contributed by atoms with van der Waals surface area (Å²) in [5.74, 6) is 0. The molecule has 9 rings (SSSR count). The van der Waals surface area contributed by atoms with Gasteiger partial charge in [0.1, 0.15) is 11.1 Å². The lowest BCUT2D eigenvalue weighted by Crippen LogP contribution is -2.10. The Morgan fingerprint density at radius 2 is 1.04 bits per heavy atom. The van der Waals surface area contributed by atoms with Gasteiger partial charge in [-0.05, 0) is 87.6 Å². The Morgan fingerprint density at radius 3 is 1.85 bits per heavy atom. The molecule has 2 aromatic heterocycles. The second-order valence-corrected chi connectivity index (χ2v) is 11.6. The van der Waals surface area contributed by atoms with Crippen LogP contribution in [0, 0.1) is 0 Å². The van der Waals surface area contributed by atoms with Gasteiger partial charge < -0.3 is 9.32 Å². The van der Waals surface area contributed by atoms with Gasteiger partial charge in [-0.2, -0.15) is 0 Å². The number of anilines is 3. The predicted octanol–water partition coefficient (Wildman–Crippen LogP) is 12.1. The molecule has 0 amide bonds. The van der Waals surface area contributed by atoms with Gasteiger partial charge in [-0.25, -0.2) is 4.98 Å². The predicted molar refractivity (Wildman–Crippen MR) is 192 cm³/mol. The first-order chi connectivity index (χ1) is 22.8. The molecule has 7 aromatic carbocycles. The lowest BCUT2D eigenvalue weighted by Gasteiger charge is -2.26. The lowest BCUT2D eigenvalue weighted by molar-refractivity contribution is 0.669. The van der Waals surface area contributed by atoms with Crippen molar-refractivity contribution in [2.75, 3.05) is 4.90 Å². The van der Waals surface area contributed by atoms with Gasteiger partial charge in [-0.15, -0.1) is 0 Å². The molecule has 0 unspecified atom stereocenters. The third-order valence-electron chi connectivity index (χ3n) is 8.85. The van der Waals surface area contributed by atoms with Crippen molar-refractivity contribution in [3.05, 3.63) is 170 Å². The molecule has 0 radical (unpaired) electrons. The largest absolute Gasteiger partial charge is 0.454 e. The number of hydrogen-bond donors (Lipinski definition) is 0. The fourth-order valence-corrected chi connectivity index (χ4v) is 6.56. The average molecular weight is 589 g/mol. The van der Waals surface area contributed by atoms with E-state index in [0.29, 0.717) is 0 Å². The van der Waals surface area contributed by atoms with Gasteiger partial charge in [0.25, 0.3) is 0 Å². The average Bonchev–Trinajstić information content (AvgIpc) is 3.49. The van der Waals surface area contributed by atoms with Crippen molar-refractivity contribution in [3.63, 3.8) is 0 Å². The summed E-state index contributed by atoms with van der Waals surface area (Å²) in [4.78, 5) is 7.42. The minimum atomic E-state index is 0.804. The smallest absolute Gasteiger partial charge is 0.154 e. The Hall–Kier alpha value is -6.19. The highest BCUT2D eigenvalue weighted by Crippen LogP contribution is 2.39. The molecular formula is C43H28N2O. The van der Waals surface area contributed by atoms with E-state index in [9.17, 15) is 0 Å². The van der Waals surface area contributed by atoms with Gasteiger partial charge in [-0.1, -0.05) is 115 Å². The number of pyridine rings is 1. The van der Waals surface area contributed by atoms with Crippen LogP contribution in [0.5, 0.6) is 0 Å². The summed E-state index contributed by atoms with van der Waals surface area (Å²) in [6.07, 6.45) is 0. The van der Waals surface area contributed by atoms with E-state index in [-0.39, 0.29) is 0 Å². The fourth-order valence-electron chi connectivity index (χ4n) is 6.56. The standard InChI is InChI=1S/C43H28N2O/c1-2-9-29(10-3-1)30-17-22-34(23-18-30)45(35-24-19-32(20-25-35)38-15-8-12-31-11-4-5-13-37(31)38)36-26-21-33-27-42-43(44-40(33)28-36)39-14-6-7-16-41(39)46-42/h1-28H. The summed E-state index contributed by atoms with van der Waals surface area (Å²) in [6, 6.07) is 59.9. The van der Waals surface area contributed by atoms with Crippen molar-refractivity contribution in [1.82, 2.24) is 4.98 Å². The van der Waals surface area contributed by atoms with E-state index < -0.39 is 0 Å². The minimum absolute atomic E-state index is 0.804. The van der Waals surface area contributed by atoms with E-state index in [0.717, 1.165) is 50.0 Å². The van der Waals surface area contributed by atoms with Gasteiger partial charge in [-0.3, -0.25) is 0 Å². The number of aromatic nitrogens is 1. The topological polar surface area (TPSA) is 29.3 Å². The summed E-state index contributed by atoms with van der Waals surface area (Å²) in [7, 11) is 0. The Kier molecular flexibility index (Phi) is 6.14. The van der Waals surface area contributed by atoms with Gasteiger partial charge in [0.15, 0.2) is 5.58 Å². The second-order valence-electron chi connectivity index (χ2n) is 11.6. The van der Waals surface area contributed by atoms with Crippen LogP contribution in [0.3, 0.4) is 0 Å². The van der Waals surface area contributed by atoms with Crippen molar-refractivity contribution in [1.29, 1.82) is 0 Å². The zero-order chi connectivity index (χ0) is 30.5. The third kappa shape index (κ3) is 4.49. The van der Waals surface area contributed by atoms with Crippen molar-refractivity contribution in [3.8, 4) is 22.3 Å². The summed E-state index contributed by atoms with van der Waals surface area (Å²) >= 11 is 0. The molecule has 3 heteroatoms. The third-order valence-corrected chi connectivity index (χ3v) is 8.85. The molecule has 0 N–H and O–H groups in total. The molecule has 216 valence electrons. The van der Waals surface area contributed by atoms with Crippen LogP contribution < -0.4 is 4.90 Å². The molecule has 0 saturated carbocycles. The SMILES string of the molecule is c1ccc(-c2ccc(N(c3ccc(-c4cccc5ccccc45)cc3)c3ccc4cc5oc6ccccc6c5nc4c3)cc2)cc1. The maximum absolute atomic E-state index is 6.13. The van der Waals surface area contributed by atoms with Crippen molar-refractivity contribution in [2.45, 2.75) is 0 Å². The first-order valence-corrected chi connectivity index (χ1v) is 15.5. The summed E-state index contributed by atoms with van der Waals surface area (Å²) < 4.78 is 6.13. The van der Waals surface area contributed by atoms with Crippen LogP contribution in [0.2, 0.25) is 0 Å². The number of nitrogens with zero attached hydrogens (tertiary/aromatic N) is 2. The summed E-state index contributed by atoms with van der Waals surface area (Å²) in [5, 5.41) is 4.57. The van der Waals surface area contributed by atoms with Crippen molar-refractivity contribution < 1.29 is 4.42 Å². The van der Waals surface area contributed by atoms with Crippen LogP contribution in [0.25, 0.3) is 66.0 Å². The number of benzene rings is 7. The zero-order valence-electron chi connectivity index (χ0n) is 25.0. The second kappa shape index (κ2) is 10.8. The molecule has 46 heavy (non-hydrogen) atoms. The molecule has 0 fully saturated rings.